The van der Waals surface area contributed by atoms with Gasteiger partial charge in [-0.3, -0.25) is 0 Å². The Morgan fingerprint density at radius 1 is 1.00 bits per heavy atom. The van der Waals surface area contributed by atoms with Crippen molar-refractivity contribution in [2.75, 3.05) is 19.8 Å². The summed E-state index contributed by atoms with van der Waals surface area (Å²) in [7, 11) is -2.18. The van der Waals surface area contributed by atoms with Crippen LogP contribution < -0.4 is 0 Å². The van der Waals surface area contributed by atoms with E-state index in [2.05, 4.69) is 13.8 Å². The van der Waals surface area contributed by atoms with Gasteiger partial charge in [0.2, 0.25) is 0 Å². The first-order valence-electron chi connectivity index (χ1n) is 8.28. The molecule has 1 rings (SSSR count). The number of hydrogen-bond acceptors (Lipinski definition) is 4. The molecule has 0 aromatic rings. The van der Waals surface area contributed by atoms with E-state index >= 15 is 0 Å². The molecule has 0 N–H and O–H groups in total. The molecule has 5 heteroatoms. The average Bonchev–Trinajstić information content (AvgIpc) is 2.40. The van der Waals surface area contributed by atoms with Crippen molar-refractivity contribution in [3.05, 3.63) is 0 Å². The molecule has 1 fully saturated rings. The van der Waals surface area contributed by atoms with Crippen molar-refractivity contribution in [3.63, 3.8) is 0 Å². The highest BCUT2D eigenvalue weighted by molar-refractivity contribution is 6.67. The second-order valence-corrected chi connectivity index (χ2v) is 8.62. The summed E-state index contributed by atoms with van der Waals surface area (Å²) in [6, 6.07) is 2.11. The summed E-state index contributed by atoms with van der Waals surface area (Å²) in [5.74, 6) is -0.852. The van der Waals surface area contributed by atoms with E-state index in [1.165, 1.54) is 19.3 Å². The average molecular weight is 305 g/mol. The molecular weight excluding hydrogens is 272 g/mol. The summed E-state index contributed by atoms with van der Waals surface area (Å²) in [5.41, 5.74) is 0. The largest absolute Gasteiger partial charge is 0.394 e. The molecule has 1 heterocycles. The maximum Gasteiger partial charge on any atom is 0.342 e. The molecular formula is C15H32O4Si. The molecule has 1 atom stereocenters. The molecule has 0 radical (unpaired) electrons. The highest BCUT2D eigenvalue weighted by Gasteiger charge is 2.50. The van der Waals surface area contributed by atoms with Crippen molar-refractivity contribution < 1.29 is 18.3 Å². The second kappa shape index (κ2) is 9.15. The summed E-state index contributed by atoms with van der Waals surface area (Å²) in [6.07, 6.45) is 5.51. The Kier molecular flexibility index (Phi) is 8.29. The summed E-state index contributed by atoms with van der Waals surface area (Å²) in [5, 5.41) is 0. The van der Waals surface area contributed by atoms with Crippen molar-refractivity contribution >= 4 is 8.56 Å². The first kappa shape index (κ1) is 18.1. The Morgan fingerprint density at radius 2 is 1.70 bits per heavy atom. The summed E-state index contributed by atoms with van der Waals surface area (Å²) >= 11 is 0. The van der Waals surface area contributed by atoms with Gasteiger partial charge in [0.05, 0.1) is 0 Å². The first-order chi connectivity index (χ1) is 9.66. The van der Waals surface area contributed by atoms with Crippen LogP contribution in [0.1, 0.15) is 59.8 Å². The minimum atomic E-state index is -2.18. The van der Waals surface area contributed by atoms with Gasteiger partial charge in [-0.2, -0.15) is 0 Å². The Balaban J connectivity index is 2.76. The maximum atomic E-state index is 6.40. The topological polar surface area (TPSA) is 36.9 Å². The van der Waals surface area contributed by atoms with E-state index in [0.29, 0.717) is 19.8 Å². The zero-order chi connectivity index (χ0) is 14.9. The van der Waals surface area contributed by atoms with Crippen LogP contribution in [0.4, 0.5) is 0 Å². The second-order valence-electron chi connectivity index (χ2n) is 5.31. The van der Waals surface area contributed by atoms with E-state index in [1.807, 2.05) is 13.8 Å². The standard InChI is InChI=1S/C15H32O4Si/c1-5-9-10-13-20(18-8-4)14-11-12-15(19-20,16-6-2)17-7-3/h5-14H2,1-4H3. The minimum absolute atomic E-state index is 0.603. The van der Waals surface area contributed by atoms with Gasteiger partial charge in [0.15, 0.2) is 0 Å². The highest BCUT2D eigenvalue weighted by Crippen LogP contribution is 2.39. The normalized spacial score (nSPS) is 25.8. The van der Waals surface area contributed by atoms with Crippen molar-refractivity contribution in [1.82, 2.24) is 0 Å². The number of ether oxygens (including phenoxy) is 2. The summed E-state index contributed by atoms with van der Waals surface area (Å²) in [6.45, 7) is 10.2. The molecule has 0 saturated carbocycles. The van der Waals surface area contributed by atoms with Crippen molar-refractivity contribution in [2.45, 2.75) is 77.9 Å². The molecule has 120 valence electrons. The Bertz CT molecular complexity index is 247. The third-order valence-electron chi connectivity index (χ3n) is 3.68. The van der Waals surface area contributed by atoms with Crippen LogP contribution in [0.3, 0.4) is 0 Å². The van der Waals surface area contributed by atoms with Crippen LogP contribution in [0.25, 0.3) is 0 Å². The molecule has 1 aliphatic rings. The van der Waals surface area contributed by atoms with E-state index in [0.717, 1.165) is 24.9 Å². The van der Waals surface area contributed by atoms with Crippen molar-refractivity contribution in [1.29, 1.82) is 0 Å². The fourth-order valence-corrected chi connectivity index (χ4v) is 6.52. The quantitative estimate of drug-likeness (QED) is 0.344. The monoisotopic (exact) mass is 304 g/mol. The lowest BCUT2D eigenvalue weighted by molar-refractivity contribution is -0.358. The molecule has 0 bridgehead atoms. The molecule has 0 amide bonds. The van der Waals surface area contributed by atoms with Crippen LogP contribution in [0.2, 0.25) is 12.1 Å². The first-order valence-corrected chi connectivity index (χ1v) is 10.5. The molecule has 1 unspecified atom stereocenters. The van der Waals surface area contributed by atoms with Crippen LogP contribution >= 0.6 is 0 Å². The third-order valence-corrected chi connectivity index (χ3v) is 7.41. The smallest absolute Gasteiger partial charge is 0.342 e. The highest BCUT2D eigenvalue weighted by atomic mass is 28.4. The van der Waals surface area contributed by atoms with Gasteiger partial charge in [-0.1, -0.05) is 26.2 Å². The lowest BCUT2D eigenvalue weighted by Gasteiger charge is -2.45. The van der Waals surface area contributed by atoms with Gasteiger partial charge in [-0.15, -0.1) is 0 Å². The van der Waals surface area contributed by atoms with Gasteiger partial charge in [0, 0.05) is 26.2 Å². The van der Waals surface area contributed by atoms with Gasteiger partial charge in [-0.05, 0) is 39.3 Å². The fourth-order valence-electron chi connectivity index (χ4n) is 2.90. The van der Waals surface area contributed by atoms with Crippen LogP contribution in [0.5, 0.6) is 0 Å². The molecule has 0 aromatic carbocycles. The van der Waals surface area contributed by atoms with E-state index in [9.17, 15) is 0 Å². The Labute approximate surface area is 125 Å². The molecule has 0 spiro atoms. The van der Waals surface area contributed by atoms with E-state index in [-0.39, 0.29) is 0 Å². The van der Waals surface area contributed by atoms with Crippen molar-refractivity contribution in [2.24, 2.45) is 0 Å². The summed E-state index contributed by atoms with van der Waals surface area (Å²) in [4.78, 5) is 0. The summed E-state index contributed by atoms with van der Waals surface area (Å²) < 4.78 is 24.2. The molecule has 20 heavy (non-hydrogen) atoms. The SMILES string of the molecule is CCCCC[Si]1(OCC)CCCC(OCC)(OCC)O1. The predicted octanol–water partition coefficient (Wildman–Crippen LogP) is 4.19. The molecule has 0 aliphatic carbocycles. The van der Waals surface area contributed by atoms with Crippen LogP contribution in [-0.4, -0.2) is 34.4 Å². The minimum Gasteiger partial charge on any atom is -0.394 e. The lowest BCUT2D eigenvalue weighted by Crippen LogP contribution is -2.56. The molecule has 1 aliphatic heterocycles. The molecule has 0 aromatic heterocycles. The van der Waals surface area contributed by atoms with E-state index in [4.69, 9.17) is 18.3 Å². The zero-order valence-corrected chi connectivity index (χ0v) is 14.7. The van der Waals surface area contributed by atoms with Gasteiger partial charge in [0.1, 0.15) is 0 Å². The number of hydrogen-bond donors (Lipinski definition) is 0. The Hall–Kier alpha value is 0.0569. The van der Waals surface area contributed by atoms with Gasteiger partial charge in [-0.25, -0.2) is 0 Å². The van der Waals surface area contributed by atoms with Crippen LogP contribution in [0, 0.1) is 0 Å². The fraction of sp³-hybridized carbons (Fsp3) is 1.00. The van der Waals surface area contributed by atoms with Gasteiger partial charge >= 0.3 is 8.56 Å². The van der Waals surface area contributed by atoms with Gasteiger partial charge in [0.25, 0.3) is 5.97 Å². The van der Waals surface area contributed by atoms with Crippen LogP contribution in [0.15, 0.2) is 0 Å². The number of rotatable bonds is 10. The lowest BCUT2D eigenvalue weighted by atomic mass is 10.3. The zero-order valence-electron chi connectivity index (χ0n) is 13.7. The van der Waals surface area contributed by atoms with Crippen molar-refractivity contribution in [3.8, 4) is 0 Å². The van der Waals surface area contributed by atoms with Crippen LogP contribution in [-0.2, 0) is 18.3 Å². The van der Waals surface area contributed by atoms with Gasteiger partial charge < -0.3 is 18.3 Å². The predicted molar refractivity (Wildman–Crippen MR) is 82.8 cm³/mol. The number of unbranched alkanes of at least 4 members (excludes halogenated alkanes) is 2. The van der Waals surface area contributed by atoms with E-state index < -0.39 is 14.5 Å². The Morgan fingerprint density at radius 3 is 2.25 bits per heavy atom. The maximum absolute atomic E-state index is 6.40. The van der Waals surface area contributed by atoms with E-state index in [1.54, 1.807) is 0 Å². The third kappa shape index (κ3) is 5.11. The molecule has 4 nitrogen and oxygen atoms in total. The molecule has 1 saturated heterocycles.